The largest absolute Gasteiger partial charge is 0.465 e. The fraction of sp³-hybridized carbons (Fsp3) is 0.500. The smallest absolute Gasteiger partial charge is 0.319 e. The molecule has 0 atom stereocenters. The maximum absolute atomic E-state index is 10.5. The van der Waals surface area contributed by atoms with Crippen LogP contribution in [-0.2, 0) is 19.6 Å². The first kappa shape index (κ1) is 19.6. The van der Waals surface area contributed by atoms with E-state index in [2.05, 4.69) is 6.92 Å². The molecule has 0 saturated heterocycles. The molecule has 0 amide bonds. The Morgan fingerprint density at radius 1 is 1.24 bits per heavy atom. The Balaban J connectivity index is 0.000000384. The first-order valence-corrected chi connectivity index (χ1v) is 8.15. The highest BCUT2D eigenvalue weighted by Crippen LogP contribution is 2.08. The number of benzene rings is 1. The molecule has 0 spiro atoms. The van der Waals surface area contributed by atoms with Crippen molar-refractivity contribution < 1.29 is 22.5 Å². The Kier molecular flexibility index (Phi) is 9.60. The van der Waals surface area contributed by atoms with Gasteiger partial charge < -0.3 is 10.5 Å². The van der Waals surface area contributed by atoms with Crippen LogP contribution in [0.4, 0.5) is 0 Å². The van der Waals surface area contributed by atoms with Gasteiger partial charge in [-0.05, 0) is 25.5 Å². The second-order valence-electron chi connectivity index (χ2n) is 4.42. The predicted molar refractivity (Wildman–Crippen MR) is 80.5 cm³/mol. The van der Waals surface area contributed by atoms with Crippen molar-refractivity contribution in [3.63, 3.8) is 0 Å². The van der Waals surface area contributed by atoms with Crippen molar-refractivity contribution in [2.24, 2.45) is 5.73 Å². The van der Waals surface area contributed by atoms with E-state index in [1.54, 1.807) is 12.1 Å². The van der Waals surface area contributed by atoms with Gasteiger partial charge >= 0.3 is 5.97 Å². The molecule has 0 saturated carbocycles. The summed E-state index contributed by atoms with van der Waals surface area (Å²) >= 11 is 0. The van der Waals surface area contributed by atoms with Crippen LogP contribution < -0.4 is 5.73 Å². The summed E-state index contributed by atoms with van der Waals surface area (Å²) in [5.41, 5.74) is 5.97. The molecule has 0 aromatic heterocycles. The molecule has 6 nitrogen and oxygen atoms in total. The summed E-state index contributed by atoms with van der Waals surface area (Å²) in [6.07, 6.45) is 3.19. The molecule has 0 aliphatic carbocycles. The topological polar surface area (TPSA) is 107 Å². The molecule has 7 heteroatoms. The maximum Gasteiger partial charge on any atom is 0.319 e. The summed E-state index contributed by atoms with van der Waals surface area (Å²) in [5, 5.41) is 0. The third kappa shape index (κ3) is 10.0. The minimum absolute atomic E-state index is 0.00781. The zero-order valence-corrected chi connectivity index (χ0v) is 13.2. The zero-order chi connectivity index (χ0) is 16.3. The quantitative estimate of drug-likeness (QED) is 0.471. The van der Waals surface area contributed by atoms with E-state index in [0.717, 1.165) is 24.8 Å². The second kappa shape index (κ2) is 10.3. The van der Waals surface area contributed by atoms with E-state index in [-0.39, 0.29) is 17.4 Å². The highest BCUT2D eigenvalue weighted by atomic mass is 32.2. The molecule has 21 heavy (non-hydrogen) atoms. The Bertz CT molecular complexity index is 511. The number of aryl methyl sites for hydroxylation is 1. The van der Waals surface area contributed by atoms with E-state index >= 15 is 0 Å². The summed E-state index contributed by atoms with van der Waals surface area (Å²) in [4.78, 5) is 10.4. The van der Waals surface area contributed by atoms with Crippen LogP contribution in [-0.4, -0.2) is 32.1 Å². The molecule has 0 bridgehead atoms. The van der Waals surface area contributed by atoms with Gasteiger partial charge in [0.25, 0.3) is 10.1 Å². The summed E-state index contributed by atoms with van der Waals surface area (Å²) in [6.45, 7) is 4.45. The highest BCUT2D eigenvalue weighted by molar-refractivity contribution is 7.85. The summed E-state index contributed by atoms with van der Waals surface area (Å²) in [5.74, 6) is -0.309. The van der Waals surface area contributed by atoms with Crippen molar-refractivity contribution in [2.75, 3.05) is 13.2 Å². The van der Waals surface area contributed by atoms with Crippen LogP contribution in [0.2, 0.25) is 0 Å². The van der Waals surface area contributed by atoms with Crippen LogP contribution in [0.25, 0.3) is 0 Å². The third-order valence-corrected chi connectivity index (χ3v) is 3.36. The average molecular weight is 317 g/mol. The van der Waals surface area contributed by atoms with Gasteiger partial charge in [0.2, 0.25) is 0 Å². The van der Waals surface area contributed by atoms with Gasteiger partial charge in [0.1, 0.15) is 0 Å². The second-order valence-corrected chi connectivity index (χ2v) is 5.84. The number of hydrogen-bond donors (Lipinski definition) is 2. The first-order chi connectivity index (χ1) is 9.81. The molecule has 1 aromatic carbocycles. The van der Waals surface area contributed by atoms with Gasteiger partial charge in [-0.25, -0.2) is 0 Å². The lowest BCUT2D eigenvalue weighted by Crippen LogP contribution is -2.17. The van der Waals surface area contributed by atoms with Crippen LogP contribution in [0.15, 0.2) is 29.2 Å². The summed E-state index contributed by atoms with van der Waals surface area (Å²) in [6, 6.07) is 5.99. The number of unbranched alkanes of at least 4 members (excludes halogenated alkanes) is 2. The molecule has 0 radical (unpaired) electrons. The fourth-order valence-electron chi connectivity index (χ4n) is 1.31. The average Bonchev–Trinajstić information content (AvgIpc) is 2.43. The number of esters is 1. The molecule has 0 fully saturated rings. The van der Waals surface area contributed by atoms with Crippen molar-refractivity contribution in [1.29, 1.82) is 0 Å². The van der Waals surface area contributed by atoms with Gasteiger partial charge in [0, 0.05) is 0 Å². The number of hydrogen-bond acceptors (Lipinski definition) is 5. The lowest BCUT2D eigenvalue weighted by atomic mass is 10.2. The van der Waals surface area contributed by atoms with Gasteiger partial charge in [-0.15, -0.1) is 0 Å². The monoisotopic (exact) mass is 317 g/mol. The van der Waals surface area contributed by atoms with Crippen LogP contribution in [0.1, 0.15) is 31.7 Å². The van der Waals surface area contributed by atoms with Crippen LogP contribution in [0.3, 0.4) is 0 Å². The lowest BCUT2D eigenvalue weighted by molar-refractivity contribution is -0.142. The van der Waals surface area contributed by atoms with E-state index in [1.165, 1.54) is 12.1 Å². The van der Waals surface area contributed by atoms with Gasteiger partial charge in [0.15, 0.2) is 0 Å². The first-order valence-electron chi connectivity index (χ1n) is 6.71. The SMILES string of the molecule is CCCCCOC(=O)CN.Cc1ccc(S(=O)(=O)O)cc1. The maximum atomic E-state index is 10.5. The van der Waals surface area contributed by atoms with E-state index in [4.69, 9.17) is 15.0 Å². The van der Waals surface area contributed by atoms with Gasteiger partial charge in [-0.2, -0.15) is 8.42 Å². The highest BCUT2D eigenvalue weighted by Gasteiger charge is 2.06. The van der Waals surface area contributed by atoms with Crippen molar-refractivity contribution in [3.05, 3.63) is 29.8 Å². The standard InChI is InChI=1S/C7H15NO2.C7H8O3S/c1-2-3-4-5-10-7(9)6-8;1-6-2-4-7(5-3-6)11(8,9)10/h2-6,8H2,1H3;2-5H,1H3,(H,8,9,10). The Morgan fingerprint density at radius 2 is 1.81 bits per heavy atom. The summed E-state index contributed by atoms with van der Waals surface area (Å²) < 4.78 is 34.3. The number of nitrogens with two attached hydrogens (primary N) is 1. The van der Waals surface area contributed by atoms with E-state index in [1.807, 2.05) is 6.92 Å². The number of rotatable bonds is 6. The Morgan fingerprint density at radius 3 is 2.24 bits per heavy atom. The molecule has 1 rings (SSSR count). The molecule has 0 aliphatic heterocycles. The molecule has 0 aliphatic rings. The van der Waals surface area contributed by atoms with Gasteiger partial charge in [0.05, 0.1) is 18.0 Å². The van der Waals surface area contributed by atoms with Gasteiger partial charge in [-0.3, -0.25) is 9.35 Å². The number of carbonyl (C=O) groups excluding carboxylic acids is 1. The molecule has 0 heterocycles. The number of carbonyl (C=O) groups is 1. The van der Waals surface area contributed by atoms with Crippen molar-refractivity contribution in [1.82, 2.24) is 0 Å². The van der Waals surface area contributed by atoms with Crippen molar-refractivity contribution >= 4 is 16.1 Å². The molecule has 3 N–H and O–H groups in total. The Hall–Kier alpha value is -1.44. The molecular formula is C14H23NO5S. The predicted octanol–water partition coefficient (Wildman–Crippen LogP) is 1.92. The molecular weight excluding hydrogens is 294 g/mol. The third-order valence-electron chi connectivity index (χ3n) is 2.50. The van der Waals surface area contributed by atoms with Crippen LogP contribution in [0, 0.1) is 6.92 Å². The van der Waals surface area contributed by atoms with Crippen molar-refractivity contribution in [3.8, 4) is 0 Å². The fourth-order valence-corrected chi connectivity index (χ4v) is 1.79. The van der Waals surface area contributed by atoms with E-state index in [9.17, 15) is 13.2 Å². The molecule has 0 unspecified atom stereocenters. The van der Waals surface area contributed by atoms with Gasteiger partial charge in [-0.1, -0.05) is 37.5 Å². The van der Waals surface area contributed by atoms with Crippen molar-refractivity contribution in [2.45, 2.75) is 38.0 Å². The van der Waals surface area contributed by atoms with E-state index < -0.39 is 10.1 Å². The Labute approximate surface area is 126 Å². The molecule has 1 aromatic rings. The molecule has 120 valence electrons. The zero-order valence-electron chi connectivity index (χ0n) is 12.4. The minimum atomic E-state index is -4.02. The van der Waals surface area contributed by atoms with Crippen LogP contribution in [0.5, 0.6) is 0 Å². The lowest BCUT2D eigenvalue weighted by Gasteiger charge is -2.00. The minimum Gasteiger partial charge on any atom is -0.465 e. The number of ether oxygens (including phenoxy) is 1. The van der Waals surface area contributed by atoms with E-state index in [0.29, 0.717) is 6.61 Å². The summed E-state index contributed by atoms with van der Waals surface area (Å²) in [7, 11) is -4.02. The normalized spacial score (nSPS) is 10.5. The van der Waals surface area contributed by atoms with Crippen LogP contribution >= 0.6 is 0 Å².